The zero-order valence-corrected chi connectivity index (χ0v) is 26.4. The van der Waals surface area contributed by atoms with E-state index in [1.165, 1.54) is 17.7 Å². The van der Waals surface area contributed by atoms with Crippen molar-refractivity contribution >= 4 is 54.9 Å². The Bertz CT molecular complexity index is 2060. The molecule has 5 aromatic rings. The van der Waals surface area contributed by atoms with Crippen molar-refractivity contribution in [1.82, 2.24) is 19.8 Å². The monoisotopic (exact) mass is 641 g/mol. The van der Waals surface area contributed by atoms with Crippen molar-refractivity contribution in [2.45, 2.75) is 19.9 Å². The fourth-order valence-electron chi connectivity index (χ4n) is 6.66. The molecule has 0 saturated carbocycles. The third-order valence-electron chi connectivity index (χ3n) is 8.74. The lowest BCUT2D eigenvalue weighted by Gasteiger charge is -2.37. The number of anilines is 2. The molecule has 0 spiro atoms. The van der Waals surface area contributed by atoms with Crippen LogP contribution < -0.4 is 10.6 Å². The van der Waals surface area contributed by atoms with Crippen LogP contribution in [0.3, 0.4) is 0 Å². The predicted molar refractivity (Wildman–Crippen MR) is 178 cm³/mol. The minimum absolute atomic E-state index is 0.0724. The van der Waals surface area contributed by atoms with Crippen LogP contribution in [0, 0.1) is 23.0 Å². The molecule has 0 radical (unpaired) electrons. The lowest BCUT2D eigenvalue weighted by Crippen LogP contribution is -2.44. The van der Waals surface area contributed by atoms with Gasteiger partial charge in [-0.05, 0) is 55.9 Å². The first-order chi connectivity index (χ1) is 21.8. The zero-order valence-electron chi connectivity index (χ0n) is 24.9. The Labute approximate surface area is 268 Å². The van der Waals surface area contributed by atoms with Gasteiger partial charge in [0.15, 0.2) is 10.9 Å². The summed E-state index contributed by atoms with van der Waals surface area (Å²) in [7, 11) is 2.08. The number of halogens is 3. The number of nitriles is 1. The summed E-state index contributed by atoms with van der Waals surface area (Å²) in [6.07, 6.45) is 4.85. The van der Waals surface area contributed by atoms with E-state index in [1.54, 1.807) is 6.07 Å². The third-order valence-corrected chi connectivity index (χ3v) is 9.93. The first-order valence-electron chi connectivity index (χ1n) is 14.8. The summed E-state index contributed by atoms with van der Waals surface area (Å²) in [5, 5.41) is 11.5. The van der Waals surface area contributed by atoms with Crippen molar-refractivity contribution in [2.24, 2.45) is 0 Å². The standard InChI is InChI=1S/C34H30ClF2N7S/c1-3-10-43-12-14-44(15-13-43)32-23-16-25(35)27(22-7-8-26(36)33-31(22)41-34(39)45-33)28(37)30(23)40-29(24(32)17-38)21-6-4-5-19-18-42(2)11-9-20(19)21/h3-8,10,16H,9,11-15,18H2,1-2H3,(H2,39,41). The molecule has 7 nitrogen and oxygen atoms in total. The van der Waals surface area contributed by atoms with Gasteiger partial charge in [-0.25, -0.2) is 18.7 Å². The largest absolute Gasteiger partial charge is 0.375 e. The minimum Gasteiger partial charge on any atom is -0.375 e. The maximum Gasteiger partial charge on any atom is 0.181 e. The highest BCUT2D eigenvalue weighted by Crippen LogP contribution is 2.45. The average molecular weight is 642 g/mol. The van der Waals surface area contributed by atoms with E-state index in [0.29, 0.717) is 41.0 Å². The first kappa shape index (κ1) is 29.4. The highest BCUT2D eigenvalue weighted by molar-refractivity contribution is 7.22. The van der Waals surface area contributed by atoms with Gasteiger partial charge in [0.1, 0.15) is 23.0 Å². The molecule has 2 aliphatic heterocycles. The van der Waals surface area contributed by atoms with Crippen LogP contribution in [0.4, 0.5) is 19.6 Å². The second kappa shape index (κ2) is 11.6. The second-order valence-electron chi connectivity index (χ2n) is 11.5. The van der Waals surface area contributed by atoms with Gasteiger partial charge in [0.2, 0.25) is 0 Å². The lowest BCUT2D eigenvalue weighted by molar-refractivity contribution is 0.313. The lowest BCUT2D eigenvalue weighted by atomic mass is 9.90. The molecule has 11 heteroatoms. The van der Waals surface area contributed by atoms with Crippen LogP contribution in [0.1, 0.15) is 23.6 Å². The SMILES string of the molecule is CC=CN1CCN(c2c(C#N)c(-c3cccc4c3CCN(C)C4)nc3c(F)c(-c4ccc(F)c5sc(N)nc45)c(Cl)cc23)CC1. The maximum atomic E-state index is 17.1. The number of rotatable bonds is 4. The number of likely N-dealkylation sites (N-methyl/N-ethyl adjacent to an activating group) is 1. The molecule has 0 aliphatic carbocycles. The summed E-state index contributed by atoms with van der Waals surface area (Å²) < 4.78 is 32.0. The van der Waals surface area contributed by atoms with Crippen LogP contribution in [0.5, 0.6) is 0 Å². The number of nitrogens with two attached hydrogens (primary N) is 1. The molecular weight excluding hydrogens is 612 g/mol. The van der Waals surface area contributed by atoms with E-state index < -0.39 is 11.6 Å². The molecule has 0 atom stereocenters. The second-order valence-corrected chi connectivity index (χ2v) is 12.9. The van der Waals surface area contributed by atoms with E-state index in [0.717, 1.165) is 55.1 Å². The number of pyridine rings is 1. The van der Waals surface area contributed by atoms with Gasteiger partial charge < -0.3 is 20.4 Å². The highest BCUT2D eigenvalue weighted by atomic mass is 35.5. The molecule has 0 unspecified atom stereocenters. The van der Waals surface area contributed by atoms with Crippen LogP contribution in [0.2, 0.25) is 5.02 Å². The van der Waals surface area contributed by atoms with E-state index in [1.807, 2.05) is 25.1 Å². The fraction of sp³-hybridized carbons (Fsp3) is 0.265. The van der Waals surface area contributed by atoms with Gasteiger partial charge in [0, 0.05) is 61.3 Å². The van der Waals surface area contributed by atoms with Crippen molar-refractivity contribution in [3.63, 3.8) is 0 Å². The van der Waals surface area contributed by atoms with Crippen molar-refractivity contribution in [3.05, 3.63) is 82.0 Å². The Morgan fingerprint density at radius 2 is 1.84 bits per heavy atom. The molecule has 45 heavy (non-hydrogen) atoms. The summed E-state index contributed by atoms with van der Waals surface area (Å²) >= 11 is 7.89. The Balaban J connectivity index is 1.52. The van der Waals surface area contributed by atoms with Crippen molar-refractivity contribution < 1.29 is 8.78 Å². The normalized spacial score (nSPS) is 15.7. The number of nitrogen functional groups attached to an aromatic ring is 1. The topological polar surface area (TPSA) is 85.3 Å². The van der Waals surface area contributed by atoms with E-state index in [2.05, 4.69) is 45.1 Å². The molecule has 1 fully saturated rings. The number of benzene rings is 3. The molecule has 2 N–H and O–H groups in total. The molecule has 7 rings (SSSR count). The molecule has 2 aromatic heterocycles. The van der Waals surface area contributed by atoms with Gasteiger partial charge in [-0.2, -0.15) is 5.26 Å². The highest BCUT2D eigenvalue weighted by Gasteiger charge is 2.30. The Morgan fingerprint density at radius 1 is 1.04 bits per heavy atom. The molecule has 0 bridgehead atoms. The van der Waals surface area contributed by atoms with E-state index in [-0.39, 0.29) is 31.5 Å². The number of fused-ring (bicyclic) bond motifs is 3. The van der Waals surface area contributed by atoms with Gasteiger partial charge in [-0.3, -0.25) is 0 Å². The van der Waals surface area contributed by atoms with Gasteiger partial charge in [-0.15, -0.1) is 0 Å². The molecular formula is C34H30ClF2N7S. The Hall–Kier alpha value is -4.30. The number of hydrogen-bond acceptors (Lipinski definition) is 8. The Kier molecular flexibility index (Phi) is 7.56. The van der Waals surface area contributed by atoms with Gasteiger partial charge in [0.05, 0.1) is 26.6 Å². The fourth-order valence-corrected chi connectivity index (χ4v) is 7.72. The minimum atomic E-state index is -0.652. The van der Waals surface area contributed by atoms with E-state index >= 15 is 4.39 Å². The van der Waals surface area contributed by atoms with Gasteiger partial charge in [-0.1, -0.05) is 47.2 Å². The summed E-state index contributed by atoms with van der Waals surface area (Å²) in [4.78, 5) is 15.9. The van der Waals surface area contributed by atoms with Gasteiger partial charge >= 0.3 is 0 Å². The van der Waals surface area contributed by atoms with Crippen molar-refractivity contribution in [2.75, 3.05) is 50.4 Å². The van der Waals surface area contributed by atoms with Crippen LogP contribution in [0.15, 0.2) is 48.7 Å². The molecule has 0 amide bonds. The first-order valence-corrected chi connectivity index (χ1v) is 16.0. The van der Waals surface area contributed by atoms with Crippen LogP contribution >= 0.6 is 22.9 Å². The van der Waals surface area contributed by atoms with E-state index in [9.17, 15) is 9.65 Å². The summed E-state index contributed by atoms with van der Waals surface area (Å²) in [6.45, 7) is 6.38. The number of piperazine rings is 1. The number of aromatic nitrogens is 2. The molecule has 3 aromatic carbocycles. The quantitative estimate of drug-likeness (QED) is 0.222. The van der Waals surface area contributed by atoms with E-state index in [4.69, 9.17) is 22.3 Å². The predicted octanol–water partition coefficient (Wildman–Crippen LogP) is 7.21. The zero-order chi connectivity index (χ0) is 31.4. The number of nitrogens with zero attached hydrogens (tertiary/aromatic N) is 6. The molecule has 228 valence electrons. The molecule has 2 aliphatic rings. The van der Waals surface area contributed by atoms with Gasteiger partial charge in [0.25, 0.3) is 0 Å². The number of thiazole rings is 1. The smallest absolute Gasteiger partial charge is 0.181 e. The van der Waals surface area contributed by atoms with Crippen LogP contribution in [-0.4, -0.2) is 59.5 Å². The summed E-state index contributed by atoms with van der Waals surface area (Å²) in [5.41, 5.74) is 11.3. The number of hydrogen-bond donors (Lipinski definition) is 1. The van der Waals surface area contributed by atoms with Crippen molar-refractivity contribution in [1.29, 1.82) is 5.26 Å². The number of allylic oxidation sites excluding steroid dienone is 1. The third kappa shape index (κ3) is 4.96. The van der Waals surface area contributed by atoms with Crippen LogP contribution in [0.25, 0.3) is 43.5 Å². The van der Waals surface area contributed by atoms with Crippen LogP contribution in [-0.2, 0) is 13.0 Å². The molecule has 4 heterocycles. The average Bonchev–Trinajstić information content (AvgIpc) is 3.44. The van der Waals surface area contributed by atoms with Crippen molar-refractivity contribution in [3.8, 4) is 28.5 Å². The maximum absolute atomic E-state index is 17.1. The Morgan fingerprint density at radius 3 is 2.60 bits per heavy atom. The molecule has 1 saturated heterocycles. The summed E-state index contributed by atoms with van der Waals surface area (Å²) in [6, 6.07) is 12.9. The summed E-state index contributed by atoms with van der Waals surface area (Å²) in [5.74, 6) is -1.14.